The third-order valence-corrected chi connectivity index (χ3v) is 4.15. The van der Waals surface area contributed by atoms with E-state index in [1.807, 2.05) is 25.1 Å². The summed E-state index contributed by atoms with van der Waals surface area (Å²) in [5.41, 5.74) is 2.75. The summed E-state index contributed by atoms with van der Waals surface area (Å²) >= 11 is 0. The van der Waals surface area contributed by atoms with Gasteiger partial charge in [-0.1, -0.05) is 18.9 Å². The van der Waals surface area contributed by atoms with Crippen LogP contribution in [0.4, 0.5) is 5.69 Å². The number of benzene rings is 1. The van der Waals surface area contributed by atoms with E-state index >= 15 is 0 Å². The third kappa shape index (κ3) is 3.12. The van der Waals surface area contributed by atoms with E-state index in [0.717, 1.165) is 29.7 Å². The average Bonchev–Trinajstić information content (AvgIpc) is 2.49. The first-order chi connectivity index (χ1) is 9.67. The molecular formula is C16H24N2O2. The number of carbonyl (C=O) groups excluding carboxylic acids is 1. The monoisotopic (exact) mass is 276 g/mol. The number of amides is 1. The van der Waals surface area contributed by atoms with Gasteiger partial charge in [-0.2, -0.15) is 0 Å². The lowest BCUT2D eigenvalue weighted by Gasteiger charge is -2.32. The molecule has 0 radical (unpaired) electrons. The van der Waals surface area contributed by atoms with Gasteiger partial charge in [-0.25, -0.2) is 0 Å². The Hall–Kier alpha value is -1.55. The van der Waals surface area contributed by atoms with E-state index in [2.05, 4.69) is 10.6 Å². The standard InChI is InChI=1S/C16H24N2O2/c1-11-12(16(19)17-2)7-6-9-13(11)18-14-8-4-5-10-15(14)20-3/h6-7,9,14-15,18H,4-5,8,10H2,1-3H3,(H,17,19). The second kappa shape index (κ2) is 6.75. The Bertz CT molecular complexity index is 474. The first-order valence-corrected chi connectivity index (χ1v) is 7.28. The third-order valence-electron chi connectivity index (χ3n) is 4.15. The highest BCUT2D eigenvalue weighted by Crippen LogP contribution is 2.26. The molecule has 0 aromatic heterocycles. The van der Waals surface area contributed by atoms with Gasteiger partial charge in [-0.3, -0.25) is 4.79 Å². The Morgan fingerprint density at radius 2 is 2.05 bits per heavy atom. The first-order valence-electron chi connectivity index (χ1n) is 7.28. The summed E-state index contributed by atoms with van der Waals surface area (Å²) in [7, 11) is 3.43. The Kier molecular flexibility index (Phi) is 5.01. The van der Waals surface area contributed by atoms with Crippen LogP contribution in [0.25, 0.3) is 0 Å². The van der Waals surface area contributed by atoms with Crippen molar-refractivity contribution in [3.63, 3.8) is 0 Å². The number of nitrogens with one attached hydrogen (secondary N) is 2. The Labute approximate surface area is 120 Å². The molecule has 2 rings (SSSR count). The van der Waals surface area contributed by atoms with Crippen molar-refractivity contribution in [3.05, 3.63) is 29.3 Å². The number of carbonyl (C=O) groups is 1. The largest absolute Gasteiger partial charge is 0.379 e. The summed E-state index contributed by atoms with van der Waals surface area (Å²) in [4.78, 5) is 11.8. The molecule has 1 amide bonds. The molecular weight excluding hydrogens is 252 g/mol. The van der Waals surface area contributed by atoms with Gasteiger partial charge in [-0.15, -0.1) is 0 Å². The molecule has 1 aromatic rings. The molecule has 2 atom stereocenters. The molecule has 1 aliphatic carbocycles. The molecule has 1 saturated carbocycles. The summed E-state index contributed by atoms with van der Waals surface area (Å²) < 4.78 is 5.57. The van der Waals surface area contributed by atoms with E-state index in [9.17, 15) is 4.79 Å². The molecule has 0 heterocycles. The number of rotatable bonds is 4. The lowest BCUT2D eigenvalue weighted by molar-refractivity contribution is 0.0606. The minimum absolute atomic E-state index is 0.0434. The summed E-state index contributed by atoms with van der Waals surface area (Å²) in [5, 5.41) is 6.25. The lowest BCUT2D eigenvalue weighted by atomic mass is 9.91. The molecule has 0 bridgehead atoms. The van der Waals surface area contributed by atoms with Crippen LogP contribution < -0.4 is 10.6 Å². The lowest BCUT2D eigenvalue weighted by Crippen LogP contribution is -2.38. The van der Waals surface area contributed by atoms with Crippen LogP contribution in [0.5, 0.6) is 0 Å². The van der Waals surface area contributed by atoms with Crippen LogP contribution in [-0.4, -0.2) is 32.2 Å². The van der Waals surface area contributed by atoms with Gasteiger partial charge in [0.15, 0.2) is 0 Å². The molecule has 1 fully saturated rings. The van der Waals surface area contributed by atoms with Crippen LogP contribution in [0.15, 0.2) is 18.2 Å². The fourth-order valence-corrected chi connectivity index (χ4v) is 2.92. The van der Waals surface area contributed by atoms with Crippen LogP contribution >= 0.6 is 0 Å². The zero-order valence-corrected chi connectivity index (χ0v) is 12.5. The minimum atomic E-state index is -0.0434. The molecule has 110 valence electrons. The molecule has 2 N–H and O–H groups in total. The maximum atomic E-state index is 11.8. The zero-order chi connectivity index (χ0) is 14.5. The van der Waals surface area contributed by atoms with Gasteiger partial charge in [-0.05, 0) is 37.5 Å². The SMILES string of the molecule is CNC(=O)c1cccc(NC2CCCCC2OC)c1C. The Morgan fingerprint density at radius 3 is 2.75 bits per heavy atom. The molecule has 20 heavy (non-hydrogen) atoms. The highest BCUT2D eigenvalue weighted by atomic mass is 16.5. The predicted molar refractivity (Wildman–Crippen MR) is 81.2 cm³/mol. The van der Waals surface area contributed by atoms with E-state index in [0.29, 0.717) is 6.04 Å². The van der Waals surface area contributed by atoms with Crippen molar-refractivity contribution in [1.82, 2.24) is 5.32 Å². The smallest absolute Gasteiger partial charge is 0.251 e. The maximum Gasteiger partial charge on any atom is 0.251 e. The second-order valence-corrected chi connectivity index (χ2v) is 5.37. The van der Waals surface area contributed by atoms with Crippen LogP contribution in [0.1, 0.15) is 41.6 Å². The topological polar surface area (TPSA) is 50.4 Å². The van der Waals surface area contributed by atoms with E-state index in [-0.39, 0.29) is 12.0 Å². The molecule has 1 aliphatic rings. The van der Waals surface area contributed by atoms with Gasteiger partial charge in [0.1, 0.15) is 0 Å². The summed E-state index contributed by atoms with van der Waals surface area (Å²) in [6, 6.07) is 6.13. The molecule has 4 nitrogen and oxygen atoms in total. The van der Waals surface area contributed by atoms with Crippen LogP contribution in [0.3, 0.4) is 0 Å². The second-order valence-electron chi connectivity index (χ2n) is 5.37. The normalized spacial score (nSPS) is 22.4. The van der Waals surface area contributed by atoms with E-state index < -0.39 is 0 Å². The number of hydrogen-bond acceptors (Lipinski definition) is 3. The van der Waals surface area contributed by atoms with E-state index in [4.69, 9.17) is 4.74 Å². The van der Waals surface area contributed by atoms with Crippen molar-refractivity contribution in [2.24, 2.45) is 0 Å². The quantitative estimate of drug-likeness (QED) is 0.889. The number of hydrogen-bond donors (Lipinski definition) is 2. The Morgan fingerprint density at radius 1 is 1.30 bits per heavy atom. The average molecular weight is 276 g/mol. The fraction of sp³-hybridized carbons (Fsp3) is 0.562. The molecule has 1 aromatic carbocycles. The zero-order valence-electron chi connectivity index (χ0n) is 12.5. The van der Waals surface area contributed by atoms with Crippen molar-refractivity contribution in [1.29, 1.82) is 0 Å². The van der Waals surface area contributed by atoms with Crippen molar-refractivity contribution in [2.75, 3.05) is 19.5 Å². The van der Waals surface area contributed by atoms with E-state index in [1.54, 1.807) is 14.2 Å². The van der Waals surface area contributed by atoms with Crippen LogP contribution in [0.2, 0.25) is 0 Å². The van der Waals surface area contributed by atoms with Crippen molar-refractivity contribution in [3.8, 4) is 0 Å². The summed E-state index contributed by atoms with van der Waals surface area (Å²) in [6.45, 7) is 1.98. The molecule has 0 saturated heterocycles. The van der Waals surface area contributed by atoms with Gasteiger partial charge in [0.2, 0.25) is 0 Å². The van der Waals surface area contributed by atoms with E-state index in [1.165, 1.54) is 12.8 Å². The van der Waals surface area contributed by atoms with Gasteiger partial charge in [0.25, 0.3) is 5.91 Å². The van der Waals surface area contributed by atoms with Gasteiger partial charge >= 0.3 is 0 Å². The minimum Gasteiger partial charge on any atom is -0.379 e. The number of anilines is 1. The van der Waals surface area contributed by atoms with Crippen LogP contribution in [0, 0.1) is 6.92 Å². The number of methoxy groups -OCH3 is 1. The number of ether oxygens (including phenoxy) is 1. The molecule has 0 aliphatic heterocycles. The molecule has 2 unspecified atom stereocenters. The Balaban J connectivity index is 2.18. The van der Waals surface area contributed by atoms with Crippen molar-refractivity contribution >= 4 is 11.6 Å². The van der Waals surface area contributed by atoms with Gasteiger partial charge in [0.05, 0.1) is 12.1 Å². The highest BCUT2D eigenvalue weighted by molar-refractivity contribution is 5.96. The first kappa shape index (κ1) is 14.9. The van der Waals surface area contributed by atoms with Crippen LogP contribution in [-0.2, 0) is 4.74 Å². The summed E-state index contributed by atoms with van der Waals surface area (Å²) in [5.74, 6) is -0.0434. The molecule has 4 heteroatoms. The maximum absolute atomic E-state index is 11.8. The predicted octanol–water partition coefficient (Wildman–Crippen LogP) is 2.72. The van der Waals surface area contributed by atoms with Crippen molar-refractivity contribution < 1.29 is 9.53 Å². The fourth-order valence-electron chi connectivity index (χ4n) is 2.92. The highest BCUT2D eigenvalue weighted by Gasteiger charge is 2.25. The van der Waals surface area contributed by atoms with Gasteiger partial charge < -0.3 is 15.4 Å². The van der Waals surface area contributed by atoms with Crippen molar-refractivity contribution in [2.45, 2.75) is 44.8 Å². The van der Waals surface area contributed by atoms with Gasteiger partial charge in [0, 0.05) is 25.4 Å². The molecule has 0 spiro atoms. The summed E-state index contributed by atoms with van der Waals surface area (Å²) in [6.07, 6.45) is 4.93.